The van der Waals surface area contributed by atoms with Crippen molar-refractivity contribution in [2.75, 3.05) is 25.5 Å². The molecule has 1 atom stereocenters. The van der Waals surface area contributed by atoms with Gasteiger partial charge in [-0.15, -0.1) is 0 Å². The monoisotopic (exact) mass is 342 g/mol. The van der Waals surface area contributed by atoms with E-state index in [1.807, 2.05) is 30.3 Å². The maximum Gasteiger partial charge on any atom is 0.321 e. The lowest BCUT2D eigenvalue weighted by atomic mass is 10.1. The van der Waals surface area contributed by atoms with Gasteiger partial charge in [-0.1, -0.05) is 6.07 Å². The highest BCUT2D eigenvalue weighted by atomic mass is 16.2. The fourth-order valence-corrected chi connectivity index (χ4v) is 3.29. The van der Waals surface area contributed by atoms with Crippen molar-refractivity contribution in [3.8, 4) is 0 Å². The van der Waals surface area contributed by atoms with Crippen LogP contribution < -0.4 is 5.32 Å². The number of nitrogens with one attached hydrogen (secondary N) is 1. The molecule has 134 valence electrons. The van der Waals surface area contributed by atoms with E-state index in [9.17, 15) is 4.79 Å². The normalized spacial score (nSPS) is 18.2. The molecule has 1 saturated heterocycles. The number of urea groups is 1. The Labute approximate surface area is 148 Å². The number of carbonyl (C=O) groups excluding carboxylic acids is 1. The first-order chi connectivity index (χ1) is 12.1. The third kappa shape index (κ3) is 4.79. The molecule has 1 fully saturated rings. The summed E-state index contributed by atoms with van der Waals surface area (Å²) >= 11 is 0. The molecule has 3 rings (SSSR count). The van der Waals surface area contributed by atoms with E-state index in [4.69, 9.17) is 0 Å². The van der Waals surface area contributed by atoms with Crippen LogP contribution in [0.1, 0.15) is 25.0 Å². The second kappa shape index (κ2) is 8.11. The minimum atomic E-state index is -0.0407. The van der Waals surface area contributed by atoms with Crippen molar-refractivity contribution in [1.82, 2.24) is 24.6 Å². The van der Waals surface area contributed by atoms with E-state index in [2.05, 4.69) is 33.4 Å². The Bertz CT molecular complexity index is 686. The Morgan fingerprint density at radius 2 is 2.24 bits per heavy atom. The maximum absolute atomic E-state index is 12.5. The van der Waals surface area contributed by atoms with Gasteiger partial charge >= 0.3 is 6.03 Å². The highest BCUT2D eigenvalue weighted by Crippen LogP contribution is 2.18. The molecular weight excluding hydrogens is 316 g/mol. The third-order valence-corrected chi connectivity index (χ3v) is 4.70. The van der Waals surface area contributed by atoms with Crippen LogP contribution in [0, 0.1) is 0 Å². The van der Waals surface area contributed by atoms with Crippen molar-refractivity contribution >= 4 is 11.7 Å². The van der Waals surface area contributed by atoms with Crippen LogP contribution in [-0.2, 0) is 13.6 Å². The molecule has 2 amide bonds. The van der Waals surface area contributed by atoms with Crippen LogP contribution >= 0.6 is 0 Å². The Hall–Kier alpha value is -2.41. The fraction of sp³-hybridized carbons (Fsp3) is 0.500. The van der Waals surface area contributed by atoms with E-state index in [-0.39, 0.29) is 6.03 Å². The zero-order valence-corrected chi connectivity index (χ0v) is 14.9. The summed E-state index contributed by atoms with van der Waals surface area (Å²) in [4.78, 5) is 21.1. The molecule has 2 aromatic heterocycles. The van der Waals surface area contributed by atoms with Gasteiger partial charge in [0.2, 0.25) is 0 Å². The summed E-state index contributed by atoms with van der Waals surface area (Å²) in [7, 11) is 3.98. The number of pyridine rings is 1. The second-order valence-electron chi connectivity index (χ2n) is 6.64. The van der Waals surface area contributed by atoms with Gasteiger partial charge in [0.1, 0.15) is 0 Å². The van der Waals surface area contributed by atoms with Gasteiger partial charge in [-0.05, 0) is 38.4 Å². The first-order valence-electron chi connectivity index (χ1n) is 8.76. The van der Waals surface area contributed by atoms with Gasteiger partial charge in [0, 0.05) is 45.1 Å². The van der Waals surface area contributed by atoms with Gasteiger partial charge in [-0.2, -0.15) is 5.10 Å². The predicted molar refractivity (Wildman–Crippen MR) is 97.1 cm³/mol. The van der Waals surface area contributed by atoms with E-state index < -0.39 is 0 Å². The molecule has 2 aromatic rings. The fourth-order valence-electron chi connectivity index (χ4n) is 3.29. The summed E-state index contributed by atoms with van der Waals surface area (Å²) in [6.45, 7) is 2.40. The maximum atomic E-state index is 12.5. The number of hydrogen-bond donors (Lipinski definition) is 1. The quantitative estimate of drug-likeness (QED) is 0.926. The van der Waals surface area contributed by atoms with Crippen LogP contribution in [0.3, 0.4) is 0 Å². The smallest absolute Gasteiger partial charge is 0.321 e. The van der Waals surface area contributed by atoms with Crippen LogP contribution in [0.2, 0.25) is 0 Å². The largest absolute Gasteiger partial charge is 0.324 e. The SMILES string of the molecule is CN(Cc1ccccn1)[C@@H]1CCCN(C(=O)Nc2cnn(C)c2)CC1. The molecule has 25 heavy (non-hydrogen) atoms. The van der Waals surface area contributed by atoms with E-state index in [0.29, 0.717) is 6.04 Å². The van der Waals surface area contributed by atoms with E-state index in [1.54, 1.807) is 17.1 Å². The van der Waals surface area contributed by atoms with Crippen LogP contribution in [0.15, 0.2) is 36.8 Å². The standard InChI is InChI=1S/C18H26N6O/c1-22(13-15-6-3-4-9-19-15)17-7-5-10-24(11-8-17)18(25)21-16-12-20-23(2)14-16/h3-4,6,9,12,14,17H,5,7-8,10-11,13H2,1-2H3,(H,21,25)/t17-/m1/s1. The molecule has 0 saturated carbocycles. The molecular formula is C18H26N6O. The minimum absolute atomic E-state index is 0.0407. The van der Waals surface area contributed by atoms with Crippen molar-refractivity contribution in [3.63, 3.8) is 0 Å². The summed E-state index contributed by atoms with van der Waals surface area (Å²) in [5, 5.41) is 7.00. The molecule has 0 radical (unpaired) electrons. The Balaban J connectivity index is 1.52. The summed E-state index contributed by atoms with van der Waals surface area (Å²) in [6.07, 6.45) is 8.39. The highest BCUT2D eigenvalue weighted by molar-refractivity contribution is 5.89. The molecule has 3 heterocycles. The lowest BCUT2D eigenvalue weighted by Gasteiger charge is -2.27. The van der Waals surface area contributed by atoms with E-state index >= 15 is 0 Å². The number of rotatable bonds is 4. The molecule has 1 N–H and O–H groups in total. The molecule has 0 spiro atoms. The summed E-state index contributed by atoms with van der Waals surface area (Å²) < 4.78 is 1.68. The Morgan fingerprint density at radius 3 is 2.96 bits per heavy atom. The minimum Gasteiger partial charge on any atom is -0.324 e. The number of likely N-dealkylation sites (tertiary alicyclic amines) is 1. The average molecular weight is 342 g/mol. The molecule has 0 unspecified atom stereocenters. The van der Waals surface area contributed by atoms with Crippen LogP contribution in [-0.4, -0.2) is 56.8 Å². The van der Waals surface area contributed by atoms with Gasteiger partial charge in [0.25, 0.3) is 0 Å². The predicted octanol–water partition coefficient (Wildman–Crippen LogP) is 2.33. The zero-order valence-electron chi connectivity index (χ0n) is 14.9. The lowest BCUT2D eigenvalue weighted by molar-refractivity contribution is 0.200. The van der Waals surface area contributed by atoms with E-state index in [0.717, 1.165) is 50.3 Å². The number of anilines is 1. The molecule has 7 nitrogen and oxygen atoms in total. The number of aromatic nitrogens is 3. The second-order valence-corrected chi connectivity index (χ2v) is 6.64. The van der Waals surface area contributed by atoms with Crippen molar-refractivity contribution in [3.05, 3.63) is 42.5 Å². The van der Waals surface area contributed by atoms with Gasteiger partial charge in [-0.3, -0.25) is 14.6 Å². The molecule has 0 aliphatic carbocycles. The van der Waals surface area contributed by atoms with Crippen molar-refractivity contribution in [2.24, 2.45) is 7.05 Å². The van der Waals surface area contributed by atoms with Gasteiger partial charge in [0.15, 0.2) is 0 Å². The van der Waals surface area contributed by atoms with Crippen LogP contribution in [0.5, 0.6) is 0 Å². The Morgan fingerprint density at radius 1 is 1.36 bits per heavy atom. The summed E-state index contributed by atoms with van der Waals surface area (Å²) in [5.41, 5.74) is 1.82. The zero-order chi connectivity index (χ0) is 17.6. The summed E-state index contributed by atoms with van der Waals surface area (Å²) in [5.74, 6) is 0. The van der Waals surface area contributed by atoms with Crippen LogP contribution in [0.25, 0.3) is 0 Å². The number of aryl methyl sites for hydroxylation is 1. The number of hydrogen-bond acceptors (Lipinski definition) is 4. The number of nitrogens with zero attached hydrogens (tertiary/aromatic N) is 5. The molecule has 1 aliphatic heterocycles. The molecule has 1 aliphatic rings. The van der Waals surface area contributed by atoms with Crippen LogP contribution in [0.4, 0.5) is 10.5 Å². The van der Waals surface area contributed by atoms with Crippen molar-refractivity contribution in [2.45, 2.75) is 31.8 Å². The molecule has 7 heteroatoms. The van der Waals surface area contributed by atoms with Crippen molar-refractivity contribution in [1.29, 1.82) is 0 Å². The van der Waals surface area contributed by atoms with Gasteiger partial charge in [-0.25, -0.2) is 4.79 Å². The lowest BCUT2D eigenvalue weighted by Crippen LogP contribution is -2.37. The topological polar surface area (TPSA) is 66.3 Å². The number of carbonyl (C=O) groups is 1. The Kier molecular flexibility index (Phi) is 5.65. The number of amides is 2. The van der Waals surface area contributed by atoms with Crippen molar-refractivity contribution < 1.29 is 4.79 Å². The first kappa shape index (κ1) is 17.4. The van der Waals surface area contributed by atoms with Gasteiger partial charge in [0.05, 0.1) is 17.6 Å². The summed E-state index contributed by atoms with van der Waals surface area (Å²) in [6, 6.07) is 6.45. The van der Waals surface area contributed by atoms with Gasteiger partial charge < -0.3 is 10.2 Å². The molecule has 0 bridgehead atoms. The van der Waals surface area contributed by atoms with E-state index in [1.165, 1.54) is 0 Å². The average Bonchev–Trinajstić information content (AvgIpc) is 2.86. The first-order valence-corrected chi connectivity index (χ1v) is 8.76. The molecule has 0 aromatic carbocycles. The highest BCUT2D eigenvalue weighted by Gasteiger charge is 2.23. The third-order valence-electron chi connectivity index (χ3n) is 4.70.